The van der Waals surface area contributed by atoms with Crippen molar-refractivity contribution in [1.82, 2.24) is 0 Å². The van der Waals surface area contributed by atoms with Crippen molar-refractivity contribution < 1.29 is 36.8 Å². The second-order valence-electron chi connectivity index (χ2n) is 1.06. The van der Waals surface area contributed by atoms with E-state index in [1.54, 1.807) is 0 Å². The molecule has 0 unspecified atom stereocenters. The van der Waals surface area contributed by atoms with Gasteiger partial charge in [0.2, 0.25) is 0 Å². The van der Waals surface area contributed by atoms with E-state index < -0.39 is 18.2 Å². The minimum Gasteiger partial charge on any atom is -0.303 e. The molecule has 0 aromatic heterocycles. The van der Waals surface area contributed by atoms with E-state index in [1.165, 1.54) is 5.40 Å². The first-order valence-corrected chi connectivity index (χ1v) is 5.34. The third-order valence-electron chi connectivity index (χ3n) is 0. The minimum absolute atomic E-state index is 1.44. The van der Waals surface area contributed by atoms with E-state index in [1.807, 2.05) is 0 Å². The number of rotatable bonds is 0. The Labute approximate surface area is 78.9 Å². The van der Waals surface area contributed by atoms with Crippen LogP contribution in [0.25, 0.3) is 0 Å². The number of nitrogens with zero attached hydrogens (tertiary/aromatic N) is 1. The second kappa shape index (κ2) is 8.42. The Bertz CT molecular complexity index is 265. The first kappa shape index (κ1) is 18.6. The molecule has 0 radical (unpaired) electrons. The summed E-state index contributed by atoms with van der Waals surface area (Å²) in [6.07, 6.45) is 0. The first-order valence-electron chi connectivity index (χ1n) is 1.93. The molecule has 0 saturated heterocycles. The zero-order valence-corrected chi connectivity index (χ0v) is 8.32. The van der Waals surface area contributed by atoms with Gasteiger partial charge < -0.3 is 14.7 Å². The van der Waals surface area contributed by atoms with Crippen molar-refractivity contribution in [1.29, 1.82) is 5.26 Å². The van der Waals surface area contributed by atoms with Crippen LogP contribution in [0.5, 0.6) is 0 Å². The maximum atomic E-state index is 8.88. The molecule has 9 nitrogen and oxygen atoms in total. The van der Waals surface area contributed by atoms with E-state index in [9.17, 15) is 0 Å². The number of nitriles is 1. The van der Waals surface area contributed by atoms with Gasteiger partial charge in [0.25, 0.3) is 0 Å². The van der Waals surface area contributed by atoms with Crippen LogP contribution in [-0.4, -0.2) is 32.2 Å². The molecule has 0 amide bonds. The Morgan fingerprint density at radius 2 is 1.23 bits per heavy atom. The lowest BCUT2D eigenvalue weighted by Gasteiger charge is -1.82. The molecule has 0 aliphatic carbocycles. The quantitative estimate of drug-likeness (QED) is 0.134. The molecule has 0 aliphatic rings. The van der Waals surface area contributed by atoms with E-state index in [0.29, 0.717) is 0 Å². The summed E-state index contributed by atoms with van der Waals surface area (Å²) in [6, 6.07) is 0. The molecule has 0 rings (SSSR count). The van der Waals surface area contributed by atoms with Crippen LogP contribution in [-0.2, 0) is 15.0 Å². The maximum absolute atomic E-state index is 8.88. The van der Waals surface area contributed by atoms with Gasteiger partial charge >= 0.3 is 18.2 Å². The molecule has 0 spiro atoms. The van der Waals surface area contributed by atoms with Gasteiger partial charge in [-0.1, -0.05) is 12.6 Å². The molecule has 0 fully saturated rings. The van der Waals surface area contributed by atoms with E-state index in [0.717, 1.165) is 0 Å². The van der Waals surface area contributed by atoms with Crippen molar-refractivity contribution in [3.8, 4) is 5.40 Å². The molecule has 0 atom stereocenters. The maximum Gasteiger partial charge on any atom is 0.466 e. The fraction of sp³-hybridized carbons (Fsp3) is 0. The van der Waals surface area contributed by atoms with Crippen LogP contribution >= 0.6 is 20.5 Å². The normalized spacial score (nSPS) is 9.62. The Morgan fingerprint density at radius 1 is 1.23 bits per heavy atom. The predicted molar refractivity (Wildman–Crippen MR) is 43.0 cm³/mol. The summed E-state index contributed by atoms with van der Waals surface area (Å²) >= 11 is 3.09. The summed E-state index contributed by atoms with van der Waals surface area (Å²) in [7, 11) is -9.31. The molecule has 0 aliphatic heterocycles. The van der Waals surface area contributed by atoms with Crippen LogP contribution in [0.4, 0.5) is 0 Å². The van der Waals surface area contributed by atoms with Crippen molar-refractivity contribution in [2.45, 2.75) is 0 Å². The molecule has 0 aromatic rings. The van der Waals surface area contributed by atoms with Gasteiger partial charge in [-0.05, 0) is 0 Å². The van der Waals surface area contributed by atoms with Gasteiger partial charge in [-0.3, -0.25) is 9.11 Å². The SMILES string of the molecule is N#CS.O=P(O)(O)O.O=S(=O)(O)O. The van der Waals surface area contributed by atoms with Gasteiger partial charge in [0.15, 0.2) is 0 Å². The highest BCUT2D eigenvalue weighted by atomic mass is 32.3. The molecule has 0 saturated carbocycles. The van der Waals surface area contributed by atoms with Crippen LogP contribution < -0.4 is 0 Å². The highest BCUT2D eigenvalue weighted by molar-refractivity contribution is 7.85. The fourth-order valence-electron chi connectivity index (χ4n) is 0. The summed E-state index contributed by atoms with van der Waals surface area (Å²) in [6.45, 7) is 0. The van der Waals surface area contributed by atoms with Crippen LogP contribution in [0.15, 0.2) is 0 Å². The van der Waals surface area contributed by atoms with Crippen molar-refractivity contribution in [2.24, 2.45) is 0 Å². The predicted octanol–water partition coefficient (Wildman–Crippen LogP) is -1.18. The van der Waals surface area contributed by atoms with Crippen molar-refractivity contribution >= 4 is 30.9 Å². The summed E-state index contributed by atoms with van der Waals surface area (Å²) in [5.74, 6) is 0. The minimum atomic E-state index is -4.67. The Kier molecular flexibility index (Phi) is 12.0. The zero-order chi connectivity index (χ0) is 11.7. The van der Waals surface area contributed by atoms with Gasteiger partial charge in [-0.25, -0.2) is 4.57 Å². The lowest BCUT2D eigenvalue weighted by Crippen LogP contribution is -1.89. The summed E-state index contributed by atoms with van der Waals surface area (Å²) in [5.41, 5.74) is 0. The second-order valence-corrected chi connectivity index (χ2v) is 3.18. The van der Waals surface area contributed by atoms with E-state index >= 15 is 0 Å². The summed E-state index contributed by atoms with van der Waals surface area (Å²) in [4.78, 5) is 21.6. The number of hydrogen-bond donors (Lipinski definition) is 6. The molecule has 0 heterocycles. The van der Waals surface area contributed by atoms with Crippen molar-refractivity contribution in [3.63, 3.8) is 0 Å². The average molecular weight is 255 g/mol. The van der Waals surface area contributed by atoms with Crippen molar-refractivity contribution in [3.05, 3.63) is 0 Å². The number of thiocyanates is 1. The topological polar surface area (TPSA) is 176 Å². The Balaban J connectivity index is -0.000000120. The van der Waals surface area contributed by atoms with E-state index in [-0.39, 0.29) is 0 Å². The molecule has 12 heteroatoms. The molecule has 5 N–H and O–H groups in total. The average Bonchev–Trinajstić information content (AvgIpc) is 1.52. The zero-order valence-electron chi connectivity index (χ0n) is 5.71. The van der Waals surface area contributed by atoms with Crippen LogP contribution in [0, 0.1) is 10.7 Å². The highest BCUT2D eigenvalue weighted by Crippen LogP contribution is 2.25. The third-order valence-corrected chi connectivity index (χ3v) is 0. The van der Waals surface area contributed by atoms with E-state index in [2.05, 4.69) is 12.6 Å². The van der Waals surface area contributed by atoms with Gasteiger partial charge in [0.05, 0.1) is 0 Å². The molecule has 80 valence electrons. The summed E-state index contributed by atoms with van der Waals surface area (Å²) < 4.78 is 40.5. The van der Waals surface area contributed by atoms with Crippen LogP contribution in [0.3, 0.4) is 0 Å². The Morgan fingerprint density at radius 3 is 1.23 bits per heavy atom. The fourth-order valence-corrected chi connectivity index (χ4v) is 0. The van der Waals surface area contributed by atoms with Gasteiger partial charge in [-0.2, -0.15) is 13.7 Å². The number of hydrogen-bond acceptors (Lipinski definition) is 5. The molecular weight excluding hydrogens is 249 g/mol. The monoisotopic (exact) mass is 255 g/mol. The number of thiol groups is 1. The number of phosphoric acid groups is 1. The van der Waals surface area contributed by atoms with E-state index in [4.69, 9.17) is 42.0 Å². The van der Waals surface area contributed by atoms with Crippen molar-refractivity contribution in [2.75, 3.05) is 0 Å². The molecule has 0 bridgehead atoms. The third kappa shape index (κ3) is 35200. The molecule has 13 heavy (non-hydrogen) atoms. The van der Waals surface area contributed by atoms with Crippen LogP contribution in [0.1, 0.15) is 0 Å². The van der Waals surface area contributed by atoms with Gasteiger partial charge in [0.1, 0.15) is 5.40 Å². The lowest BCUT2D eigenvalue weighted by atomic mass is 11.8. The van der Waals surface area contributed by atoms with Crippen LogP contribution in [0.2, 0.25) is 0 Å². The standard InChI is InChI=1S/CHNS.H3O4P.H2O4S/c2-1-3;2*1-5(2,3)4/h3H;(H3,1,2,3,4);(H2,1,2,3,4). The van der Waals surface area contributed by atoms with Gasteiger partial charge in [-0.15, -0.1) is 0 Å². The highest BCUT2D eigenvalue weighted by Gasteiger charge is 2.00. The molecule has 0 aromatic carbocycles. The molecular formula is CH6NO8PS2. The summed E-state index contributed by atoms with van der Waals surface area (Å²) in [5, 5.41) is 8.63. The first-order chi connectivity index (χ1) is 5.41. The lowest BCUT2D eigenvalue weighted by molar-refractivity contribution is 0.275. The Hall–Kier alpha value is -0.180. The largest absolute Gasteiger partial charge is 0.466 e. The van der Waals surface area contributed by atoms with Gasteiger partial charge in [0, 0.05) is 0 Å². The smallest absolute Gasteiger partial charge is 0.303 e.